The van der Waals surface area contributed by atoms with Gasteiger partial charge in [0.05, 0.1) is 16.6 Å². The van der Waals surface area contributed by atoms with Gasteiger partial charge in [-0.1, -0.05) is 0 Å². The van der Waals surface area contributed by atoms with E-state index in [1.54, 1.807) is 12.1 Å². The van der Waals surface area contributed by atoms with Crippen LogP contribution in [0, 0.1) is 0 Å². The number of hydrogen-bond donors (Lipinski definition) is 1. The van der Waals surface area contributed by atoms with E-state index in [1.807, 2.05) is 17.8 Å². The molecule has 1 aliphatic carbocycles. The molecule has 4 nitrogen and oxygen atoms in total. The number of benzene rings is 1. The maximum absolute atomic E-state index is 11.2. The summed E-state index contributed by atoms with van der Waals surface area (Å²) in [4.78, 5) is 15.9. The fourth-order valence-electron chi connectivity index (χ4n) is 2.68. The third-order valence-corrected chi connectivity index (χ3v) is 4.64. The summed E-state index contributed by atoms with van der Waals surface area (Å²) in [5.74, 6) is 2.02. The Morgan fingerprint density at radius 1 is 1.43 bits per heavy atom. The molecule has 3 rings (SSSR count). The van der Waals surface area contributed by atoms with Gasteiger partial charge in [-0.3, -0.25) is 0 Å². The van der Waals surface area contributed by atoms with Gasteiger partial charge in [-0.15, -0.1) is 0 Å². The molecule has 0 spiro atoms. The number of aryl methyl sites for hydroxylation is 1. The second-order valence-electron chi connectivity index (χ2n) is 5.60. The summed E-state index contributed by atoms with van der Waals surface area (Å²) in [7, 11) is 0. The van der Waals surface area contributed by atoms with E-state index < -0.39 is 5.97 Å². The highest BCUT2D eigenvalue weighted by Crippen LogP contribution is 2.40. The van der Waals surface area contributed by atoms with Gasteiger partial charge in [0, 0.05) is 12.5 Å². The van der Waals surface area contributed by atoms with Crippen molar-refractivity contribution < 1.29 is 9.90 Å². The molecule has 0 unspecified atom stereocenters. The highest BCUT2D eigenvalue weighted by Gasteiger charge is 2.29. The minimum atomic E-state index is -0.875. The van der Waals surface area contributed by atoms with Gasteiger partial charge in [0.15, 0.2) is 0 Å². The summed E-state index contributed by atoms with van der Waals surface area (Å²) in [6.45, 7) is 0.936. The van der Waals surface area contributed by atoms with Crippen LogP contribution in [0.1, 0.15) is 47.8 Å². The van der Waals surface area contributed by atoms with E-state index in [0.717, 1.165) is 29.8 Å². The average Bonchev–Trinajstić information content (AvgIpc) is 3.25. The van der Waals surface area contributed by atoms with Crippen LogP contribution in [-0.4, -0.2) is 32.6 Å². The van der Waals surface area contributed by atoms with E-state index in [2.05, 4.69) is 10.8 Å². The first kappa shape index (κ1) is 14.4. The summed E-state index contributed by atoms with van der Waals surface area (Å²) in [5, 5.41) is 9.18. The number of hydrogen-bond acceptors (Lipinski definition) is 3. The molecule has 1 fully saturated rings. The largest absolute Gasteiger partial charge is 0.478 e. The van der Waals surface area contributed by atoms with Crippen molar-refractivity contribution in [3.8, 4) is 0 Å². The van der Waals surface area contributed by atoms with Crippen molar-refractivity contribution in [1.82, 2.24) is 9.55 Å². The Morgan fingerprint density at radius 2 is 2.24 bits per heavy atom. The lowest BCUT2D eigenvalue weighted by Gasteiger charge is -2.08. The van der Waals surface area contributed by atoms with Crippen molar-refractivity contribution >= 4 is 28.8 Å². The number of rotatable bonds is 7. The van der Waals surface area contributed by atoms with Gasteiger partial charge in [0.25, 0.3) is 0 Å². The molecule has 0 amide bonds. The van der Waals surface area contributed by atoms with Crippen LogP contribution in [0.4, 0.5) is 0 Å². The molecule has 112 valence electrons. The van der Waals surface area contributed by atoms with E-state index in [-0.39, 0.29) is 0 Å². The Bertz CT molecular complexity index is 662. The Labute approximate surface area is 128 Å². The van der Waals surface area contributed by atoms with Gasteiger partial charge in [-0.2, -0.15) is 11.8 Å². The zero-order valence-corrected chi connectivity index (χ0v) is 13.0. The first-order chi connectivity index (χ1) is 10.2. The predicted molar refractivity (Wildman–Crippen MR) is 86.3 cm³/mol. The number of aromatic nitrogens is 2. The maximum Gasteiger partial charge on any atom is 0.335 e. The lowest BCUT2D eigenvalue weighted by atomic mass is 10.2. The van der Waals surface area contributed by atoms with Crippen LogP contribution in [-0.2, 0) is 6.54 Å². The molecule has 0 atom stereocenters. The van der Waals surface area contributed by atoms with Crippen LogP contribution >= 0.6 is 11.8 Å². The summed E-state index contributed by atoms with van der Waals surface area (Å²) < 4.78 is 2.25. The summed E-state index contributed by atoms with van der Waals surface area (Å²) in [6.07, 6.45) is 6.84. The first-order valence-electron chi connectivity index (χ1n) is 7.43. The highest BCUT2D eigenvalue weighted by atomic mass is 32.2. The van der Waals surface area contributed by atoms with E-state index in [0.29, 0.717) is 11.5 Å². The molecule has 1 aromatic heterocycles. The number of imidazole rings is 1. The molecule has 21 heavy (non-hydrogen) atoms. The number of carbonyl (C=O) groups is 1. The van der Waals surface area contributed by atoms with Crippen LogP contribution < -0.4 is 0 Å². The average molecular weight is 304 g/mol. The van der Waals surface area contributed by atoms with Gasteiger partial charge >= 0.3 is 5.97 Å². The standard InChI is InChI=1S/C16H20N2O2S/c1-21-9-3-2-8-18-14-10-12(16(19)20)6-7-13(14)17-15(18)11-4-5-11/h6-7,10-11H,2-5,8-9H2,1H3,(H,19,20). The van der Waals surface area contributed by atoms with Gasteiger partial charge in [0.2, 0.25) is 0 Å². The smallest absolute Gasteiger partial charge is 0.335 e. The normalized spacial score (nSPS) is 14.7. The second-order valence-corrected chi connectivity index (χ2v) is 6.59. The fraction of sp³-hybridized carbons (Fsp3) is 0.500. The number of aromatic carboxylic acids is 1. The SMILES string of the molecule is CSCCCCn1c(C2CC2)nc2ccc(C(=O)O)cc21. The van der Waals surface area contributed by atoms with E-state index in [4.69, 9.17) is 4.98 Å². The number of carboxylic acid groups (broad SMARTS) is 1. The van der Waals surface area contributed by atoms with Gasteiger partial charge in [-0.05, 0) is 55.9 Å². The van der Waals surface area contributed by atoms with Crippen LogP contribution in [0.3, 0.4) is 0 Å². The van der Waals surface area contributed by atoms with Gasteiger partial charge in [0.1, 0.15) is 5.82 Å². The van der Waals surface area contributed by atoms with Crippen molar-refractivity contribution in [3.05, 3.63) is 29.6 Å². The van der Waals surface area contributed by atoms with Crippen LogP contribution in [0.15, 0.2) is 18.2 Å². The second kappa shape index (κ2) is 6.10. The minimum absolute atomic E-state index is 0.343. The van der Waals surface area contributed by atoms with Gasteiger partial charge < -0.3 is 9.67 Å². The third kappa shape index (κ3) is 3.07. The zero-order chi connectivity index (χ0) is 14.8. The number of unbranched alkanes of at least 4 members (excludes halogenated alkanes) is 1. The minimum Gasteiger partial charge on any atom is -0.478 e. The molecule has 1 saturated carbocycles. The highest BCUT2D eigenvalue weighted by molar-refractivity contribution is 7.98. The van der Waals surface area contributed by atoms with E-state index in [1.165, 1.54) is 25.0 Å². The molecule has 1 aromatic carbocycles. The lowest BCUT2D eigenvalue weighted by Crippen LogP contribution is -2.04. The number of nitrogens with zero attached hydrogens (tertiary/aromatic N) is 2. The summed E-state index contributed by atoms with van der Waals surface area (Å²) >= 11 is 1.87. The number of carboxylic acids is 1. The topological polar surface area (TPSA) is 55.1 Å². The monoisotopic (exact) mass is 304 g/mol. The third-order valence-electron chi connectivity index (χ3n) is 3.95. The van der Waals surface area contributed by atoms with Crippen molar-refractivity contribution in [2.45, 2.75) is 38.1 Å². The molecule has 5 heteroatoms. The molecule has 2 aromatic rings. The first-order valence-corrected chi connectivity index (χ1v) is 8.82. The molecule has 0 bridgehead atoms. The van der Waals surface area contributed by atoms with E-state index >= 15 is 0 Å². The van der Waals surface area contributed by atoms with Crippen molar-refractivity contribution in [1.29, 1.82) is 0 Å². The van der Waals surface area contributed by atoms with Gasteiger partial charge in [-0.25, -0.2) is 9.78 Å². The summed E-state index contributed by atoms with van der Waals surface area (Å²) in [6, 6.07) is 5.25. The molecule has 0 saturated heterocycles. The number of thioether (sulfide) groups is 1. The summed E-state index contributed by atoms with van der Waals surface area (Å²) in [5.41, 5.74) is 2.24. The van der Waals surface area contributed by atoms with Crippen LogP contribution in [0.2, 0.25) is 0 Å². The predicted octanol–water partition coefficient (Wildman–Crippen LogP) is 3.76. The molecule has 1 N–H and O–H groups in total. The Kier molecular flexibility index (Phi) is 4.19. The van der Waals surface area contributed by atoms with Crippen molar-refractivity contribution in [3.63, 3.8) is 0 Å². The fourth-order valence-corrected chi connectivity index (χ4v) is 3.17. The Balaban J connectivity index is 1.94. The molecule has 1 aliphatic rings. The van der Waals surface area contributed by atoms with E-state index in [9.17, 15) is 9.90 Å². The Morgan fingerprint density at radius 3 is 2.90 bits per heavy atom. The Hall–Kier alpha value is -1.49. The zero-order valence-electron chi connectivity index (χ0n) is 12.2. The molecular weight excluding hydrogens is 284 g/mol. The lowest BCUT2D eigenvalue weighted by molar-refractivity contribution is 0.0697. The molecule has 1 heterocycles. The molecule has 0 radical (unpaired) electrons. The van der Waals surface area contributed by atoms with Crippen LogP contribution in [0.5, 0.6) is 0 Å². The number of fused-ring (bicyclic) bond motifs is 1. The van der Waals surface area contributed by atoms with Crippen molar-refractivity contribution in [2.75, 3.05) is 12.0 Å². The van der Waals surface area contributed by atoms with Crippen molar-refractivity contribution in [2.24, 2.45) is 0 Å². The molecular formula is C16H20N2O2S. The maximum atomic E-state index is 11.2. The van der Waals surface area contributed by atoms with Crippen LogP contribution in [0.25, 0.3) is 11.0 Å². The quantitative estimate of drug-likeness (QED) is 0.791. The molecule has 0 aliphatic heterocycles.